The molecule has 0 spiro atoms. The van der Waals surface area contributed by atoms with Crippen molar-refractivity contribution >= 4 is 23.3 Å². The predicted octanol–water partition coefficient (Wildman–Crippen LogP) is 4.22. The van der Waals surface area contributed by atoms with Crippen LogP contribution in [0.5, 0.6) is 5.75 Å². The Kier molecular flexibility index (Phi) is 7.20. The van der Waals surface area contributed by atoms with Crippen LogP contribution in [0.1, 0.15) is 44.2 Å². The van der Waals surface area contributed by atoms with Gasteiger partial charge in [-0.25, -0.2) is 9.18 Å². The third kappa shape index (κ3) is 5.97. The lowest BCUT2D eigenvalue weighted by atomic mass is 10.0. The number of fused-ring (bicyclic) bond motifs is 1. The molecule has 1 aliphatic heterocycles. The average molecular weight is 448 g/mol. The minimum absolute atomic E-state index is 0.00561. The topological polar surface area (TPSA) is 61.9 Å². The Morgan fingerprint density at radius 2 is 2.10 bits per heavy atom. The summed E-state index contributed by atoms with van der Waals surface area (Å²) in [7, 11) is 0. The highest BCUT2D eigenvalue weighted by Gasteiger charge is 2.33. The third-order valence-electron chi connectivity index (χ3n) is 5.10. The van der Waals surface area contributed by atoms with Crippen molar-refractivity contribution in [1.82, 2.24) is 15.1 Å². The van der Waals surface area contributed by atoms with Gasteiger partial charge in [0.05, 0.1) is 6.04 Å². The zero-order valence-electron chi connectivity index (χ0n) is 18.5. The number of carbonyl (C=O) groups is 2. The van der Waals surface area contributed by atoms with Crippen LogP contribution in [0, 0.1) is 5.82 Å². The molecule has 0 aliphatic carbocycles. The second-order valence-corrected chi connectivity index (χ2v) is 9.62. The maximum atomic E-state index is 13.5. The van der Waals surface area contributed by atoms with Gasteiger partial charge in [0.25, 0.3) is 0 Å². The molecular formula is C23H30FN3O3S. The Labute approximate surface area is 187 Å². The number of nitrogens with one attached hydrogen (secondary N) is 1. The van der Waals surface area contributed by atoms with Crippen LogP contribution < -0.4 is 10.1 Å². The van der Waals surface area contributed by atoms with Crippen molar-refractivity contribution in [3.8, 4) is 5.75 Å². The maximum Gasteiger partial charge on any atom is 0.318 e. The summed E-state index contributed by atoms with van der Waals surface area (Å²) in [6.45, 7) is 8.77. The van der Waals surface area contributed by atoms with Crippen LogP contribution in [0.2, 0.25) is 0 Å². The molecule has 0 bridgehead atoms. The first kappa shape index (κ1) is 23.1. The van der Waals surface area contributed by atoms with Crippen LogP contribution in [0.15, 0.2) is 35.7 Å². The lowest BCUT2D eigenvalue weighted by molar-refractivity contribution is -0.135. The minimum Gasteiger partial charge on any atom is -0.491 e. The molecule has 1 aliphatic rings. The number of hydrogen-bond acceptors (Lipinski definition) is 4. The summed E-state index contributed by atoms with van der Waals surface area (Å²) in [5.41, 5.74) is 0.675. The van der Waals surface area contributed by atoms with Crippen LogP contribution in [-0.4, -0.2) is 53.5 Å². The van der Waals surface area contributed by atoms with E-state index in [0.29, 0.717) is 18.8 Å². The second kappa shape index (κ2) is 9.68. The maximum absolute atomic E-state index is 13.5. The van der Waals surface area contributed by atoms with Gasteiger partial charge in [-0.1, -0.05) is 6.07 Å². The van der Waals surface area contributed by atoms with Gasteiger partial charge in [-0.15, -0.1) is 11.3 Å². The fourth-order valence-electron chi connectivity index (χ4n) is 3.59. The number of nitrogens with zero attached hydrogens (tertiary/aromatic N) is 2. The highest BCUT2D eigenvalue weighted by atomic mass is 32.1. The van der Waals surface area contributed by atoms with Crippen LogP contribution in [-0.2, 0) is 11.2 Å². The van der Waals surface area contributed by atoms with Crippen molar-refractivity contribution in [1.29, 1.82) is 0 Å². The highest BCUT2D eigenvalue weighted by Crippen LogP contribution is 2.34. The highest BCUT2D eigenvalue weighted by molar-refractivity contribution is 7.10. The fourth-order valence-corrected chi connectivity index (χ4v) is 4.52. The number of likely N-dealkylation sites (N-methyl/N-ethyl adjacent to an activating group) is 1. The number of thiophene rings is 1. The number of halogens is 1. The molecule has 168 valence electrons. The first-order valence-electron chi connectivity index (χ1n) is 10.5. The first-order chi connectivity index (χ1) is 14.7. The number of hydrogen-bond donors (Lipinski definition) is 1. The summed E-state index contributed by atoms with van der Waals surface area (Å²) in [5, 5.41) is 4.93. The van der Waals surface area contributed by atoms with E-state index in [0.717, 1.165) is 12.0 Å². The standard InChI is InChI=1S/C23H30FN3O3S/c1-5-26(22(29)25-23(2,3)4)14-21(28)27-11-9-20-18(10-12-31-20)19(27)15-30-17-8-6-7-16(24)13-17/h6-8,10,12-13,19H,5,9,11,14-15H2,1-4H3,(H,25,29)/t19-/m0/s1. The van der Waals surface area contributed by atoms with Gasteiger partial charge in [0.1, 0.15) is 24.7 Å². The molecule has 6 nitrogen and oxygen atoms in total. The lowest BCUT2D eigenvalue weighted by Gasteiger charge is -2.37. The van der Waals surface area contributed by atoms with E-state index >= 15 is 0 Å². The van der Waals surface area contributed by atoms with Gasteiger partial charge < -0.3 is 19.9 Å². The summed E-state index contributed by atoms with van der Waals surface area (Å²) in [4.78, 5) is 30.3. The average Bonchev–Trinajstić information content (AvgIpc) is 3.17. The van der Waals surface area contributed by atoms with Crippen LogP contribution in [0.3, 0.4) is 0 Å². The smallest absolute Gasteiger partial charge is 0.318 e. The van der Waals surface area contributed by atoms with Crippen molar-refractivity contribution in [2.45, 2.75) is 45.7 Å². The van der Waals surface area contributed by atoms with Crippen molar-refractivity contribution in [3.05, 3.63) is 52.0 Å². The zero-order valence-corrected chi connectivity index (χ0v) is 19.3. The van der Waals surface area contributed by atoms with E-state index < -0.39 is 0 Å². The Morgan fingerprint density at radius 1 is 1.32 bits per heavy atom. The molecule has 1 N–H and O–H groups in total. The molecule has 1 aromatic heterocycles. The zero-order chi connectivity index (χ0) is 22.6. The summed E-state index contributed by atoms with van der Waals surface area (Å²) >= 11 is 1.67. The minimum atomic E-state index is -0.383. The van der Waals surface area contributed by atoms with Gasteiger partial charge >= 0.3 is 6.03 Å². The van der Waals surface area contributed by atoms with E-state index in [1.54, 1.807) is 28.4 Å². The SMILES string of the molecule is CCN(CC(=O)N1CCc2sccc2[C@@H]1COc1cccc(F)c1)C(=O)NC(C)(C)C. The number of amides is 3. The Balaban J connectivity index is 1.74. The lowest BCUT2D eigenvalue weighted by Crippen LogP contribution is -2.52. The first-order valence-corrected chi connectivity index (χ1v) is 11.4. The second-order valence-electron chi connectivity index (χ2n) is 8.61. The van der Waals surface area contributed by atoms with Crippen LogP contribution >= 0.6 is 11.3 Å². The normalized spacial score (nSPS) is 15.9. The summed E-state index contributed by atoms with van der Waals surface area (Å²) in [5.74, 6) is -0.0705. The van der Waals surface area contributed by atoms with Crippen molar-refractivity contribution in [2.75, 3.05) is 26.2 Å². The van der Waals surface area contributed by atoms with Crippen LogP contribution in [0.4, 0.5) is 9.18 Å². The van der Waals surface area contributed by atoms with Gasteiger partial charge in [-0.2, -0.15) is 0 Å². The third-order valence-corrected chi connectivity index (χ3v) is 6.09. The molecule has 1 atom stereocenters. The van der Waals surface area contributed by atoms with E-state index in [9.17, 15) is 14.0 Å². The Hall–Kier alpha value is -2.61. The van der Waals surface area contributed by atoms with E-state index in [-0.39, 0.29) is 42.5 Å². The van der Waals surface area contributed by atoms with E-state index in [1.165, 1.54) is 21.9 Å². The molecular weight excluding hydrogens is 417 g/mol. The molecule has 1 aromatic carbocycles. The van der Waals surface area contributed by atoms with Crippen molar-refractivity contribution in [2.24, 2.45) is 0 Å². The van der Waals surface area contributed by atoms with Gasteiger partial charge in [-0.05, 0) is 63.3 Å². The van der Waals surface area contributed by atoms with E-state index in [2.05, 4.69) is 5.32 Å². The monoisotopic (exact) mass is 447 g/mol. The molecule has 0 radical (unpaired) electrons. The molecule has 2 heterocycles. The molecule has 3 amide bonds. The van der Waals surface area contributed by atoms with E-state index in [1.807, 2.05) is 39.1 Å². The predicted molar refractivity (Wildman–Crippen MR) is 120 cm³/mol. The van der Waals surface area contributed by atoms with Gasteiger partial charge in [0, 0.05) is 29.6 Å². The molecule has 31 heavy (non-hydrogen) atoms. The molecule has 8 heteroatoms. The van der Waals surface area contributed by atoms with Crippen LogP contribution in [0.25, 0.3) is 0 Å². The summed E-state index contributed by atoms with van der Waals surface area (Å²) in [6.07, 6.45) is 0.773. The summed E-state index contributed by atoms with van der Waals surface area (Å²) < 4.78 is 19.4. The number of urea groups is 1. The van der Waals surface area contributed by atoms with E-state index in [4.69, 9.17) is 4.74 Å². The molecule has 0 saturated carbocycles. The number of ether oxygens (including phenoxy) is 1. The fraction of sp³-hybridized carbons (Fsp3) is 0.478. The number of rotatable bonds is 6. The summed E-state index contributed by atoms with van der Waals surface area (Å²) in [6, 6.07) is 7.46. The number of benzene rings is 1. The van der Waals surface area contributed by atoms with Gasteiger partial charge in [0.15, 0.2) is 0 Å². The Morgan fingerprint density at radius 3 is 2.77 bits per heavy atom. The molecule has 0 fully saturated rings. The molecule has 2 aromatic rings. The molecule has 0 unspecified atom stereocenters. The Bertz CT molecular complexity index is 925. The largest absolute Gasteiger partial charge is 0.491 e. The van der Waals surface area contributed by atoms with Gasteiger partial charge in [-0.3, -0.25) is 4.79 Å². The molecule has 3 rings (SSSR count). The number of carbonyl (C=O) groups excluding carboxylic acids is 2. The van der Waals surface area contributed by atoms with Crippen molar-refractivity contribution < 1.29 is 18.7 Å². The van der Waals surface area contributed by atoms with Crippen molar-refractivity contribution in [3.63, 3.8) is 0 Å². The quantitative estimate of drug-likeness (QED) is 0.721. The van der Waals surface area contributed by atoms with Gasteiger partial charge in [0.2, 0.25) is 5.91 Å². The molecule has 0 saturated heterocycles.